The molecule has 0 atom stereocenters. The molecule has 222 valence electrons. The molecule has 0 N–H and O–H groups in total. The second-order valence-electron chi connectivity index (χ2n) is 11.8. The van der Waals surface area contributed by atoms with E-state index in [1.54, 1.807) is 0 Å². The van der Waals surface area contributed by atoms with Crippen molar-refractivity contribution in [3.8, 4) is 11.5 Å². The fourth-order valence-electron chi connectivity index (χ4n) is 6.89. The van der Waals surface area contributed by atoms with E-state index in [4.69, 9.17) is 13.6 Å². The summed E-state index contributed by atoms with van der Waals surface area (Å²) in [5.74, 6) is 1.56. The van der Waals surface area contributed by atoms with Crippen molar-refractivity contribution in [1.29, 1.82) is 0 Å². The van der Waals surface area contributed by atoms with Gasteiger partial charge >= 0.3 is 0 Å². The van der Waals surface area contributed by atoms with Gasteiger partial charge in [0, 0.05) is 50.7 Å². The summed E-state index contributed by atoms with van der Waals surface area (Å²) >= 11 is 0. The molecule has 0 radical (unpaired) electrons. The predicted molar refractivity (Wildman–Crippen MR) is 190 cm³/mol. The van der Waals surface area contributed by atoms with Crippen LogP contribution in [0.15, 0.2) is 167 Å². The number of fused-ring (bicyclic) bond motifs is 8. The minimum absolute atomic E-state index is 0.765. The van der Waals surface area contributed by atoms with Crippen LogP contribution in [-0.2, 0) is 0 Å². The molecule has 0 bridgehead atoms. The van der Waals surface area contributed by atoms with Crippen molar-refractivity contribution in [3.63, 3.8) is 0 Å². The first-order valence-corrected chi connectivity index (χ1v) is 15.7. The van der Waals surface area contributed by atoms with Gasteiger partial charge < -0.3 is 23.4 Å². The number of furan rings is 2. The van der Waals surface area contributed by atoms with Crippen LogP contribution in [-0.4, -0.2) is 0 Å². The van der Waals surface area contributed by atoms with Gasteiger partial charge in [0.2, 0.25) is 0 Å². The molecule has 0 unspecified atom stereocenters. The topological polar surface area (TPSA) is 42.0 Å². The lowest BCUT2D eigenvalue weighted by atomic mass is 10.1. The van der Waals surface area contributed by atoms with E-state index in [9.17, 15) is 0 Å². The van der Waals surface area contributed by atoms with Crippen LogP contribution >= 0.6 is 0 Å². The Kier molecular flexibility index (Phi) is 5.51. The zero-order chi connectivity index (χ0) is 30.9. The molecule has 1 aliphatic rings. The molecule has 0 fully saturated rings. The number of hydrogen-bond donors (Lipinski definition) is 0. The summed E-state index contributed by atoms with van der Waals surface area (Å²) in [6.45, 7) is 0. The minimum Gasteiger partial charge on any atom is -0.456 e. The number of para-hydroxylation sites is 5. The summed E-state index contributed by atoms with van der Waals surface area (Å²) in [4.78, 5) is 4.51. The highest BCUT2D eigenvalue weighted by Gasteiger charge is 2.28. The van der Waals surface area contributed by atoms with Crippen LogP contribution in [0.4, 0.5) is 34.1 Å². The van der Waals surface area contributed by atoms with Crippen LogP contribution in [0.1, 0.15) is 0 Å². The molecule has 0 saturated carbocycles. The molecule has 0 aliphatic carbocycles. The zero-order valence-corrected chi connectivity index (χ0v) is 25.1. The first kappa shape index (κ1) is 25.8. The normalized spacial score (nSPS) is 12.4. The molecule has 7 aromatic carbocycles. The second kappa shape index (κ2) is 10.0. The van der Waals surface area contributed by atoms with Crippen molar-refractivity contribution in [3.05, 3.63) is 158 Å². The third-order valence-corrected chi connectivity index (χ3v) is 9.02. The third kappa shape index (κ3) is 4.03. The number of hydrogen-bond acceptors (Lipinski definition) is 5. The standard InChI is InChI=1S/C42H26N2O3/c1-2-10-27(11-3-1)43(28-20-23-39-34(24-28)32-13-5-8-16-38(32)45-39)29-19-22-36-42(26-29)47-40-17-9-6-14-35(40)44(36)30-18-21-33-31-12-4-7-15-37(31)46-41(33)25-30/h1-26H. The lowest BCUT2D eigenvalue weighted by molar-refractivity contribution is 0.477. The lowest BCUT2D eigenvalue weighted by Gasteiger charge is -2.34. The van der Waals surface area contributed by atoms with Gasteiger partial charge in [-0.25, -0.2) is 0 Å². The Morgan fingerprint density at radius 1 is 0.383 bits per heavy atom. The van der Waals surface area contributed by atoms with Crippen molar-refractivity contribution in [2.75, 3.05) is 9.80 Å². The maximum atomic E-state index is 6.64. The maximum Gasteiger partial charge on any atom is 0.153 e. The molecule has 0 saturated heterocycles. The van der Waals surface area contributed by atoms with Gasteiger partial charge in [-0.3, -0.25) is 0 Å². The van der Waals surface area contributed by atoms with Crippen LogP contribution in [0.25, 0.3) is 43.9 Å². The molecule has 5 nitrogen and oxygen atoms in total. The average Bonchev–Trinajstić information content (AvgIpc) is 3.69. The number of nitrogens with zero attached hydrogens (tertiary/aromatic N) is 2. The Balaban J connectivity index is 1.14. The highest BCUT2D eigenvalue weighted by Crippen LogP contribution is 2.52. The molecule has 5 heteroatoms. The summed E-state index contributed by atoms with van der Waals surface area (Å²) in [6, 6.07) is 54.2. The van der Waals surface area contributed by atoms with E-state index < -0.39 is 0 Å². The fraction of sp³-hybridized carbons (Fsp3) is 0. The molecule has 1 aliphatic heterocycles. The largest absolute Gasteiger partial charge is 0.456 e. The third-order valence-electron chi connectivity index (χ3n) is 9.02. The van der Waals surface area contributed by atoms with Crippen molar-refractivity contribution >= 4 is 78.0 Å². The molecule has 47 heavy (non-hydrogen) atoms. The highest BCUT2D eigenvalue weighted by atomic mass is 16.5. The van der Waals surface area contributed by atoms with Crippen molar-refractivity contribution in [2.45, 2.75) is 0 Å². The Morgan fingerprint density at radius 3 is 1.85 bits per heavy atom. The molecule has 0 spiro atoms. The Hall–Kier alpha value is -6.46. The Bertz CT molecular complexity index is 2640. The fourth-order valence-corrected chi connectivity index (χ4v) is 6.89. The van der Waals surface area contributed by atoms with Gasteiger partial charge in [0.25, 0.3) is 0 Å². The van der Waals surface area contributed by atoms with Crippen LogP contribution in [0, 0.1) is 0 Å². The Morgan fingerprint density at radius 2 is 1.00 bits per heavy atom. The van der Waals surface area contributed by atoms with Gasteiger partial charge in [-0.05, 0) is 78.9 Å². The summed E-state index contributed by atoms with van der Waals surface area (Å²) in [7, 11) is 0. The average molecular weight is 607 g/mol. The van der Waals surface area contributed by atoms with Gasteiger partial charge in [0.05, 0.1) is 17.1 Å². The molecule has 0 amide bonds. The van der Waals surface area contributed by atoms with E-state index in [0.29, 0.717) is 0 Å². The summed E-state index contributed by atoms with van der Waals surface area (Å²) in [5.41, 5.74) is 9.46. The Labute approximate surface area is 270 Å². The van der Waals surface area contributed by atoms with E-state index in [2.05, 4.69) is 113 Å². The van der Waals surface area contributed by atoms with Crippen molar-refractivity contribution in [2.24, 2.45) is 0 Å². The van der Waals surface area contributed by atoms with E-state index in [1.807, 2.05) is 54.6 Å². The van der Waals surface area contributed by atoms with E-state index in [-0.39, 0.29) is 0 Å². The monoisotopic (exact) mass is 606 g/mol. The van der Waals surface area contributed by atoms with E-state index >= 15 is 0 Å². The van der Waals surface area contributed by atoms with E-state index in [1.165, 1.54) is 0 Å². The molecular weight excluding hydrogens is 580 g/mol. The lowest BCUT2D eigenvalue weighted by Crippen LogP contribution is -2.16. The SMILES string of the molecule is c1ccc(N(c2ccc3c(c2)Oc2ccccc2N3c2ccc3c(c2)oc2ccccc23)c2ccc3oc4ccccc4c3c2)cc1. The number of ether oxygens (including phenoxy) is 1. The summed E-state index contributed by atoms with van der Waals surface area (Å²) in [5, 5.41) is 4.39. The van der Waals surface area contributed by atoms with Gasteiger partial charge in [-0.2, -0.15) is 0 Å². The molecule has 3 heterocycles. The van der Waals surface area contributed by atoms with Crippen molar-refractivity contribution < 1.29 is 13.6 Å². The summed E-state index contributed by atoms with van der Waals surface area (Å²) < 4.78 is 19.1. The molecule has 2 aromatic heterocycles. The maximum absolute atomic E-state index is 6.64. The number of benzene rings is 7. The van der Waals surface area contributed by atoms with Gasteiger partial charge in [0.15, 0.2) is 11.5 Å². The highest BCUT2D eigenvalue weighted by molar-refractivity contribution is 6.07. The molecule has 9 aromatic rings. The zero-order valence-electron chi connectivity index (χ0n) is 25.1. The molecule has 10 rings (SSSR count). The summed E-state index contributed by atoms with van der Waals surface area (Å²) in [6.07, 6.45) is 0. The smallest absolute Gasteiger partial charge is 0.153 e. The predicted octanol–water partition coefficient (Wildman–Crippen LogP) is 12.5. The van der Waals surface area contributed by atoms with Gasteiger partial charge in [-0.1, -0.05) is 66.7 Å². The van der Waals surface area contributed by atoms with Gasteiger partial charge in [-0.15, -0.1) is 0 Å². The van der Waals surface area contributed by atoms with Crippen LogP contribution < -0.4 is 14.5 Å². The minimum atomic E-state index is 0.765. The second-order valence-corrected chi connectivity index (χ2v) is 11.8. The number of rotatable bonds is 4. The van der Waals surface area contributed by atoms with Crippen LogP contribution in [0.3, 0.4) is 0 Å². The molecular formula is C42H26N2O3. The first-order chi connectivity index (χ1) is 23.3. The van der Waals surface area contributed by atoms with Gasteiger partial charge in [0.1, 0.15) is 22.3 Å². The van der Waals surface area contributed by atoms with E-state index in [0.717, 1.165) is 89.5 Å². The van der Waals surface area contributed by atoms with Crippen LogP contribution in [0.2, 0.25) is 0 Å². The first-order valence-electron chi connectivity index (χ1n) is 15.7. The van der Waals surface area contributed by atoms with Crippen molar-refractivity contribution in [1.82, 2.24) is 0 Å². The number of anilines is 6. The quantitative estimate of drug-likeness (QED) is 0.199. The van der Waals surface area contributed by atoms with Crippen LogP contribution in [0.5, 0.6) is 11.5 Å².